The van der Waals surface area contributed by atoms with E-state index in [2.05, 4.69) is 15.3 Å². The highest BCUT2D eigenvalue weighted by atomic mass is 32.2. The van der Waals surface area contributed by atoms with E-state index in [0.717, 1.165) is 11.3 Å². The van der Waals surface area contributed by atoms with Gasteiger partial charge in [0.2, 0.25) is 5.95 Å². The van der Waals surface area contributed by atoms with Gasteiger partial charge < -0.3 is 20.1 Å². The van der Waals surface area contributed by atoms with Gasteiger partial charge in [-0.2, -0.15) is 0 Å². The number of imidazole rings is 1. The third-order valence-electron chi connectivity index (χ3n) is 4.85. The lowest BCUT2D eigenvalue weighted by Gasteiger charge is -2.49. The molecule has 3 heterocycles. The van der Waals surface area contributed by atoms with Gasteiger partial charge in [0.1, 0.15) is 23.7 Å². The number of anilines is 1. The van der Waals surface area contributed by atoms with Gasteiger partial charge in [-0.15, -0.1) is 11.8 Å². The molecule has 0 spiro atoms. The topological polar surface area (TPSA) is 125 Å². The largest absolute Gasteiger partial charge is 0.477 e. The molecule has 1 unspecified atom stereocenters. The number of aromatic nitrogens is 2. The Balaban J connectivity index is 1.44. The predicted octanol–water partition coefficient (Wildman–Crippen LogP) is 1.60. The molecule has 156 valence electrons. The molecular formula is C20H20N4O5S. The van der Waals surface area contributed by atoms with Crippen molar-refractivity contribution >= 4 is 35.6 Å². The van der Waals surface area contributed by atoms with E-state index < -0.39 is 18.0 Å². The fourth-order valence-electron chi connectivity index (χ4n) is 3.46. The van der Waals surface area contributed by atoms with E-state index in [4.69, 9.17) is 4.74 Å². The summed E-state index contributed by atoms with van der Waals surface area (Å²) in [6, 6.07) is 9.32. The first-order chi connectivity index (χ1) is 14.4. The number of hydrogen-bond acceptors (Lipinski definition) is 7. The number of carbonyl (C=O) groups excluding carboxylic acids is 2. The molecule has 0 radical (unpaired) electrons. The third-order valence-corrected chi connectivity index (χ3v) is 6.19. The van der Waals surface area contributed by atoms with Gasteiger partial charge in [-0.25, -0.2) is 9.78 Å². The minimum atomic E-state index is -1.21. The smallest absolute Gasteiger partial charge is 0.352 e. The normalized spacial score (nSPS) is 20.4. The van der Waals surface area contributed by atoms with Crippen molar-refractivity contribution in [1.29, 1.82) is 0 Å². The number of nitrogens with zero attached hydrogens (tertiary/aromatic N) is 2. The van der Waals surface area contributed by atoms with Gasteiger partial charge in [0.15, 0.2) is 0 Å². The van der Waals surface area contributed by atoms with Crippen molar-refractivity contribution in [3.63, 3.8) is 0 Å². The standard InChI is InChI=1S/C20H20N4O5S/c1-11(25)29-9-13-10-30-18-15(17(26)24(18)16(13)19(27)28)23-20-21-8-14(22-20)7-12-5-3-2-4-6-12/h2-6,8,15,18H,7,9-10H2,1H3,(H,27,28)(H2,21,22,23)/t15?,18-/m1/s1. The minimum Gasteiger partial charge on any atom is -0.477 e. The van der Waals surface area contributed by atoms with Gasteiger partial charge >= 0.3 is 11.9 Å². The second-order valence-electron chi connectivity index (χ2n) is 6.97. The van der Waals surface area contributed by atoms with E-state index in [0.29, 0.717) is 23.7 Å². The number of carboxylic acids is 1. The monoisotopic (exact) mass is 428 g/mol. The summed E-state index contributed by atoms with van der Waals surface area (Å²) in [6.07, 6.45) is 2.44. The second kappa shape index (κ2) is 8.23. The first kappa shape index (κ1) is 20.0. The molecule has 2 atom stereocenters. The van der Waals surface area contributed by atoms with E-state index in [1.807, 2.05) is 30.3 Å². The fourth-order valence-corrected chi connectivity index (χ4v) is 4.79. The summed E-state index contributed by atoms with van der Waals surface area (Å²) in [5.41, 5.74) is 2.26. The summed E-state index contributed by atoms with van der Waals surface area (Å²) in [5, 5.41) is 12.3. The zero-order valence-corrected chi connectivity index (χ0v) is 16.9. The zero-order chi connectivity index (χ0) is 21.3. The molecule has 1 amide bonds. The highest BCUT2D eigenvalue weighted by Crippen LogP contribution is 2.41. The van der Waals surface area contributed by atoms with Crippen molar-refractivity contribution in [2.24, 2.45) is 0 Å². The Labute approximate surface area is 176 Å². The Bertz CT molecular complexity index is 1020. The van der Waals surface area contributed by atoms with Crippen LogP contribution in [0.25, 0.3) is 0 Å². The zero-order valence-electron chi connectivity index (χ0n) is 16.1. The average molecular weight is 428 g/mol. The molecule has 0 aliphatic carbocycles. The summed E-state index contributed by atoms with van der Waals surface area (Å²) in [6.45, 7) is 1.11. The summed E-state index contributed by atoms with van der Waals surface area (Å²) >= 11 is 1.42. The number of carbonyl (C=O) groups is 3. The highest BCUT2D eigenvalue weighted by molar-refractivity contribution is 8.00. The molecule has 1 fully saturated rings. The van der Waals surface area contributed by atoms with Crippen molar-refractivity contribution in [3.8, 4) is 0 Å². The molecule has 3 N–H and O–H groups in total. The number of aromatic amines is 1. The molecule has 2 aliphatic heterocycles. The number of nitrogens with one attached hydrogen (secondary N) is 2. The lowest BCUT2D eigenvalue weighted by Crippen LogP contribution is -2.67. The number of ether oxygens (including phenoxy) is 1. The molecule has 2 aliphatic rings. The molecule has 1 aromatic carbocycles. The number of benzene rings is 1. The molecule has 10 heteroatoms. The van der Waals surface area contributed by atoms with Crippen LogP contribution in [0.3, 0.4) is 0 Å². The molecule has 2 aromatic rings. The molecular weight excluding hydrogens is 408 g/mol. The van der Waals surface area contributed by atoms with Crippen LogP contribution in [0.1, 0.15) is 18.2 Å². The maximum absolute atomic E-state index is 12.7. The summed E-state index contributed by atoms with van der Waals surface area (Å²) in [7, 11) is 0. The predicted molar refractivity (Wildman–Crippen MR) is 110 cm³/mol. The van der Waals surface area contributed by atoms with Crippen LogP contribution in [0, 0.1) is 0 Å². The van der Waals surface area contributed by atoms with Gasteiger partial charge in [0.05, 0.1) is 5.69 Å². The summed E-state index contributed by atoms with van der Waals surface area (Å²) in [5.74, 6) is -1.24. The molecule has 0 saturated carbocycles. The van der Waals surface area contributed by atoms with Crippen LogP contribution in [-0.4, -0.2) is 61.6 Å². The maximum atomic E-state index is 12.7. The highest BCUT2D eigenvalue weighted by Gasteiger charge is 2.54. The Morgan fingerprint density at radius 3 is 2.83 bits per heavy atom. The first-order valence-corrected chi connectivity index (χ1v) is 10.4. The quantitative estimate of drug-likeness (QED) is 0.449. The molecule has 9 nitrogen and oxygen atoms in total. The Morgan fingerprint density at radius 2 is 2.13 bits per heavy atom. The van der Waals surface area contributed by atoms with Gasteiger partial charge in [0, 0.05) is 30.9 Å². The van der Waals surface area contributed by atoms with Gasteiger partial charge in [0.25, 0.3) is 5.91 Å². The number of carboxylic acid groups (broad SMARTS) is 1. The minimum absolute atomic E-state index is 0.104. The van der Waals surface area contributed by atoms with Crippen molar-refractivity contribution in [2.45, 2.75) is 24.8 Å². The van der Waals surface area contributed by atoms with Crippen molar-refractivity contribution in [2.75, 3.05) is 17.7 Å². The number of fused-ring (bicyclic) bond motifs is 1. The number of amides is 1. The van der Waals surface area contributed by atoms with Gasteiger partial charge in [-0.1, -0.05) is 30.3 Å². The van der Waals surface area contributed by atoms with Crippen molar-refractivity contribution in [1.82, 2.24) is 14.9 Å². The van der Waals surface area contributed by atoms with Crippen molar-refractivity contribution < 1.29 is 24.2 Å². The molecule has 0 bridgehead atoms. The number of hydrogen-bond donors (Lipinski definition) is 3. The van der Waals surface area contributed by atoms with E-state index in [1.54, 1.807) is 6.20 Å². The van der Waals surface area contributed by atoms with E-state index >= 15 is 0 Å². The molecule has 30 heavy (non-hydrogen) atoms. The van der Waals surface area contributed by atoms with Crippen LogP contribution in [0.4, 0.5) is 5.95 Å². The van der Waals surface area contributed by atoms with Crippen LogP contribution >= 0.6 is 11.8 Å². The Morgan fingerprint density at radius 1 is 1.37 bits per heavy atom. The lowest BCUT2D eigenvalue weighted by atomic mass is 10.0. The van der Waals surface area contributed by atoms with Crippen LogP contribution in [0.5, 0.6) is 0 Å². The lowest BCUT2D eigenvalue weighted by molar-refractivity contribution is -0.147. The second-order valence-corrected chi connectivity index (χ2v) is 8.08. The Kier molecular flexibility index (Phi) is 5.49. The molecule has 4 rings (SSSR count). The van der Waals surface area contributed by atoms with E-state index in [1.165, 1.54) is 23.6 Å². The number of rotatable bonds is 7. The fraction of sp³-hybridized carbons (Fsp3) is 0.300. The van der Waals surface area contributed by atoms with Crippen LogP contribution < -0.4 is 5.32 Å². The van der Waals surface area contributed by atoms with Gasteiger partial charge in [-0.3, -0.25) is 14.5 Å². The number of β-lactam (4-membered cyclic amide) rings is 1. The van der Waals surface area contributed by atoms with Crippen LogP contribution in [-0.2, 0) is 25.5 Å². The summed E-state index contributed by atoms with van der Waals surface area (Å²) in [4.78, 5) is 44.3. The van der Waals surface area contributed by atoms with Gasteiger partial charge in [-0.05, 0) is 5.56 Å². The number of aliphatic carboxylic acids is 1. The first-order valence-electron chi connectivity index (χ1n) is 9.32. The molecule has 1 aromatic heterocycles. The summed E-state index contributed by atoms with van der Waals surface area (Å²) < 4.78 is 4.94. The number of H-pyrrole nitrogens is 1. The number of thioether (sulfide) groups is 1. The van der Waals surface area contributed by atoms with Crippen molar-refractivity contribution in [3.05, 3.63) is 59.1 Å². The SMILES string of the molecule is CC(=O)OCC1=C(C(=O)O)N2C(=O)C(Nc3nc(Cc4ccccc4)c[nH]3)[C@H]2SC1. The van der Waals surface area contributed by atoms with Crippen LogP contribution in [0.2, 0.25) is 0 Å². The number of esters is 1. The Hall–Kier alpha value is -3.27. The third kappa shape index (κ3) is 3.90. The maximum Gasteiger partial charge on any atom is 0.352 e. The average Bonchev–Trinajstić information content (AvgIpc) is 3.17. The van der Waals surface area contributed by atoms with Crippen LogP contribution in [0.15, 0.2) is 47.8 Å². The molecule has 1 saturated heterocycles. The van der Waals surface area contributed by atoms with E-state index in [-0.39, 0.29) is 23.6 Å². The van der Waals surface area contributed by atoms with E-state index in [9.17, 15) is 19.5 Å².